The number of rotatable bonds is 7. The fraction of sp³-hybridized carbons (Fsp3) is 0.393. The number of ether oxygens (including phenoxy) is 2. The van der Waals surface area contributed by atoms with Crippen LogP contribution in [0.2, 0.25) is 0 Å². The van der Waals surface area contributed by atoms with Crippen molar-refractivity contribution in [1.82, 2.24) is 9.21 Å². The van der Waals surface area contributed by atoms with Crippen molar-refractivity contribution in [2.75, 3.05) is 38.6 Å². The summed E-state index contributed by atoms with van der Waals surface area (Å²) < 4.78 is 40.8. The van der Waals surface area contributed by atoms with Gasteiger partial charge in [-0.2, -0.15) is 4.31 Å². The number of carbonyl (C=O) groups excluding carboxylic acids is 1. The molecular formula is C28H33N3O5S2. The Morgan fingerprint density at radius 3 is 2.34 bits per heavy atom. The lowest BCUT2D eigenvalue weighted by Crippen LogP contribution is -2.51. The minimum absolute atomic E-state index is 0.167. The van der Waals surface area contributed by atoms with Crippen LogP contribution in [0.4, 0.5) is 10.5 Å². The first-order valence-corrected chi connectivity index (χ1v) is 15.3. The van der Waals surface area contributed by atoms with Gasteiger partial charge in [-0.1, -0.05) is 24.6 Å². The Morgan fingerprint density at radius 2 is 1.63 bits per heavy atom. The van der Waals surface area contributed by atoms with Crippen molar-refractivity contribution in [1.29, 1.82) is 0 Å². The molecule has 2 aromatic carbocycles. The van der Waals surface area contributed by atoms with E-state index >= 15 is 0 Å². The van der Waals surface area contributed by atoms with E-state index in [1.807, 2.05) is 35.7 Å². The van der Waals surface area contributed by atoms with Crippen molar-refractivity contribution in [3.8, 4) is 22.6 Å². The lowest BCUT2D eigenvalue weighted by Gasteiger charge is -2.34. The van der Waals surface area contributed by atoms with Crippen LogP contribution in [-0.2, 0) is 10.0 Å². The van der Waals surface area contributed by atoms with Crippen molar-refractivity contribution in [2.45, 2.75) is 42.4 Å². The third kappa shape index (κ3) is 5.82. The molecule has 1 aromatic heterocycles. The Labute approximate surface area is 228 Å². The van der Waals surface area contributed by atoms with Crippen molar-refractivity contribution in [3.05, 3.63) is 60.0 Å². The Kier molecular flexibility index (Phi) is 8.21. The van der Waals surface area contributed by atoms with Crippen molar-refractivity contribution in [3.63, 3.8) is 0 Å². The van der Waals surface area contributed by atoms with Gasteiger partial charge in [0.15, 0.2) is 0 Å². The molecule has 0 unspecified atom stereocenters. The number of nitrogens with zero attached hydrogens (tertiary/aromatic N) is 2. The van der Waals surface area contributed by atoms with Crippen LogP contribution in [-0.4, -0.2) is 63.0 Å². The van der Waals surface area contributed by atoms with E-state index in [4.69, 9.17) is 9.47 Å². The average Bonchev–Trinajstić information content (AvgIpc) is 3.45. The molecule has 0 bridgehead atoms. The number of urea groups is 1. The second-order valence-corrected chi connectivity index (χ2v) is 12.6. The number of thiophene rings is 1. The number of sulfonamides is 1. The molecule has 1 saturated heterocycles. The fourth-order valence-corrected chi connectivity index (χ4v) is 7.91. The molecular weight excluding hydrogens is 522 g/mol. The van der Waals surface area contributed by atoms with Crippen LogP contribution in [0.25, 0.3) is 11.1 Å². The molecule has 1 aliphatic carbocycles. The minimum atomic E-state index is -3.74. The molecule has 0 radical (unpaired) electrons. The van der Waals surface area contributed by atoms with Crippen molar-refractivity contribution < 1.29 is 22.7 Å². The lowest BCUT2D eigenvalue weighted by atomic mass is 9.97. The molecule has 2 aliphatic rings. The molecule has 10 heteroatoms. The highest BCUT2D eigenvalue weighted by Crippen LogP contribution is 2.40. The lowest BCUT2D eigenvalue weighted by molar-refractivity contribution is 0.155. The summed E-state index contributed by atoms with van der Waals surface area (Å²) in [5.74, 6) is 1.44. The molecule has 0 atom stereocenters. The molecule has 2 heterocycles. The molecule has 1 aliphatic heterocycles. The number of hydrogen-bond acceptors (Lipinski definition) is 6. The quantitative estimate of drug-likeness (QED) is 0.406. The van der Waals surface area contributed by atoms with Gasteiger partial charge in [0.2, 0.25) is 0 Å². The van der Waals surface area contributed by atoms with Gasteiger partial charge in [-0.25, -0.2) is 13.2 Å². The maximum Gasteiger partial charge on any atom is 0.321 e. The van der Waals surface area contributed by atoms with Gasteiger partial charge in [0, 0.05) is 43.0 Å². The Morgan fingerprint density at radius 1 is 0.921 bits per heavy atom. The van der Waals surface area contributed by atoms with Gasteiger partial charge in [-0.05, 0) is 67.5 Å². The summed E-state index contributed by atoms with van der Waals surface area (Å²) in [6.07, 6.45) is 5.79. The van der Waals surface area contributed by atoms with Gasteiger partial charge >= 0.3 is 6.03 Å². The number of hydrogen-bond donors (Lipinski definition) is 1. The van der Waals surface area contributed by atoms with E-state index in [1.54, 1.807) is 36.3 Å². The SMILES string of the molecule is COc1ccc(NC(=O)N2CCN(S(=O)(=O)c3sccc3-c3ccccc3OC3CCCCC3)CC2)cc1. The van der Waals surface area contributed by atoms with Gasteiger partial charge in [-0.3, -0.25) is 0 Å². The van der Waals surface area contributed by atoms with Crippen LogP contribution in [0.15, 0.2) is 64.2 Å². The highest BCUT2D eigenvalue weighted by Gasteiger charge is 2.33. The average molecular weight is 556 g/mol. The number of anilines is 1. The topological polar surface area (TPSA) is 88.2 Å². The standard InChI is InChI=1S/C28H33N3O5S2/c1-35-22-13-11-21(12-14-22)29-28(32)30-16-18-31(19-17-30)38(33,34)27-25(15-20-37-27)24-9-5-6-10-26(24)36-23-7-3-2-4-8-23/h5-6,9-15,20,23H,2-4,7-8,16-19H2,1H3,(H,29,32). The second kappa shape index (κ2) is 11.8. The molecule has 38 heavy (non-hydrogen) atoms. The Balaban J connectivity index is 1.27. The van der Waals surface area contributed by atoms with Gasteiger partial charge < -0.3 is 19.7 Å². The zero-order valence-electron chi connectivity index (χ0n) is 21.5. The monoisotopic (exact) mass is 555 g/mol. The molecule has 8 nitrogen and oxygen atoms in total. The van der Waals surface area contributed by atoms with Crippen LogP contribution in [0.1, 0.15) is 32.1 Å². The zero-order chi connectivity index (χ0) is 26.5. The molecule has 1 N–H and O–H groups in total. The van der Waals surface area contributed by atoms with Crippen molar-refractivity contribution >= 4 is 33.1 Å². The predicted octanol–water partition coefficient (Wildman–Crippen LogP) is 5.67. The summed E-state index contributed by atoms with van der Waals surface area (Å²) in [6, 6.07) is 16.4. The van der Waals surface area contributed by atoms with Crippen LogP contribution in [0.3, 0.4) is 0 Å². The summed E-state index contributed by atoms with van der Waals surface area (Å²) in [4.78, 5) is 14.4. The first kappa shape index (κ1) is 26.5. The Hall–Kier alpha value is -3.08. The number of carbonyl (C=O) groups is 1. The third-order valence-corrected chi connectivity index (χ3v) is 10.5. The van der Waals surface area contributed by atoms with E-state index in [0.29, 0.717) is 34.3 Å². The third-order valence-electron chi connectivity index (χ3n) is 7.09. The van der Waals surface area contributed by atoms with E-state index in [-0.39, 0.29) is 25.2 Å². The highest BCUT2D eigenvalue weighted by atomic mass is 32.2. The maximum atomic E-state index is 13.7. The van der Waals surface area contributed by atoms with Crippen LogP contribution in [0.5, 0.6) is 11.5 Å². The smallest absolute Gasteiger partial charge is 0.321 e. The van der Waals surface area contributed by atoms with Crippen LogP contribution in [0, 0.1) is 0 Å². The van der Waals surface area contributed by atoms with E-state index in [9.17, 15) is 13.2 Å². The number of benzene rings is 2. The van der Waals surface area contributed by atoms with Gasteiger partial charge in [-0.15, -0.1) is 11.3 Å². The first-order valence-electron chi connectivity index (χ1n) is 13.0. The number of methoxy groups -OCH3 is 1. The summed E-state index contributed by atoms with van der Waals surface area (Å²) in [7, 11) is -2.15. The molecule has 2 fully saturated rings. The largest absolute Gasteiger partial charge is 0.497 e. The van der Waals surface area contributed by atoms with E-state index in [2.05, 4.69) is 5.32 Å². The molecule has 1 saturated carbocycles. The van der Waals surface area contributed by atoms with E-state index in [0.717, 1.165) is 37.0 Å². The first-order chi connectivity index (χ1) is 18.5. The second-order valence-electron chi connectivity index (χ2n) is 9.55. The van der Waals surface area contributed by atoms with E-state index < -0.39 is 10.0 Å². The molecule has 3 aromatic rings. The van der Waals surface area contributed by atoms with Gasteiger partial charge in [0.05, 0.1) is 13.2 Å². The number of amides is 2. The predicted molar refractivity (Wildman–Crippen MR) is 150 cm³/mol. The fourth-order valence-electron chi connectivity index (χ4n) is 4.98. The highest BCUT2D eigenvalue weighted by molar-refractivity contribution is 7.91. The molecule has 0 spiro atoms. The van der Waals surface area contributed by atoms with Crippen molar-refractivity contribution in [2.24, 2.45) is 0 Å². The minimum Gasteiger partial charge on any atom is -0.497 e. The van der Waals surface area contributed by atoms with Crippen LogP contribution >= 0.6 is 11.3 Å². The van der Waals surface area contributed by atoms with Gasteiger partial charge in [0.25, 0.3) is 10.0 Å². The van der Waals surface area contributed by atoms with Crippen LogP contribution < -0.4 is 14.8 Å². The summed E-state index contributed by atoms with van der Waals surface area (Å²) in [5, 5.41) is 4.68. The zero-order valence-corrected chi connectivity index (χ0v) is 23.1. The summed E-state index contributed by atoms with van der Waals surface area (Å²) in [5.41, 5.74) is 2.12. The van der Waals surface area contributed by atoms with E-state index in [1.165, 1.54) is 22.1 Å². The number of piperazine rings is 1. The molecule has 202 valence electrons. The molecule has 2 amide bonds. The normalized spacial score (nSPS) is 17.2. The van der Waals surface area contributed by atoms with Gasteiger partial charge in [0.1, 0.15) is 15.7 Å². The maximum absolute atomic E-state index is 13.7. The number of para-hydroxylation sites is 1. The molecule has 5 rings (SSSR count). The summed E-state index contributed by atoms with van der Waals surface area (Å²) >= 11 is 1.22. The number of nitrogens with one attached hydrogen (secondary N) is 1. The summed E-state index contributed by atoms with van der Waals surface area (Å²) in [6.45, 7) is 1.08. The Bertz CT molecular complexity index is 1340.